The molecule has 18 heteroatoms. The van der Waals surface area contributed by atoms with E-state index in [0.29, 0.717) is 72.1 Å². The Morgan fingerprint density at radius 2 is 1.62 bits per heavy atom. The number of carboxylic acid groups (broad SMARTS) is 1. The molecule has 1 fully saturated rings. The molecule has 58 heavy (non-hydrogen) atoms. The maximum absolute atomic E-state index is 13.8. The fraction of sp³-hybridized carbons (Fsp3) is 0.600. The Morgan fingerprint density at radius 1 is 0.966 bits per heavy atom. The van der Waals surface area contributed by atoms with Gasteiger partial charge in [-0.1, -0.05) is 39.3 Å². The van der Waals surface area contributed by atoms with Crippen molar-refractivity contribution < 1.29 is 38.0 Å². The molecule has 1 unspecified atom stereocenters. The highest BCUT2D eigenvalue weighted by atomic mass is 79.9. The van der Waals surface area contributed by atoms with Gasteiger partial charge in [-0.15, -0.1) is 5.10 Å². The van der Waals surface area contributed by atoms with Crippen LogP contribution in [0.25, 0.3) is 22.5 Å². The number of nitrogens with zero attached hydrogens (tertiary/aromatic N) is 5. The Bertz CT molecular complexity index is 1950. The Hall–Kier alpha value is -3.24. The topological polar surface area (TPSA) is 156 Å². The van der Waals surface area contributed by atoms with Gasteiger partial charge in [0, 0.05) is 73.8 Å². The predicted molar refractivity (Wildman–Crippen MR) is 233 cm³/mol. The van der Waals surface area contributed by atoms with Crippen molar-refractivity contribution in [3.63, 3.8) is 0 Å². The van der Waals surface area contributed by atoms with Crippen LogP contribution in [-0.4, -0.2) is 118 Å². The van der Waals surface area contributed by atoms with Crippen LogP contribution in [0.1, 0.15) is 37.3 Å². The monoisotopic (exact) mass is 905 g/mol. The molecule has 1 saturated carbocycles. The first-order valence-electron chi connectivity index (χ1n) is 20.0. The largest absolute Gasteiger partial charge is 0.479 e. The summed E-state index contributed by atoms with van der Waals surface area (Å²) in [5.41, 5.74) is 2.07. The van der Waals surface area contributed by atoms with Gasteiger partial charge >= 0.3 is 5.97 Å². The summed E-state index contributed by atoms with van der Waals surface area (Å²) in [6, 6.07) is 8.18. The van der Waals surface area contributed by atoms with Gasteiger partial charge in [0.1, 0.15) is 25.1 Å². The minimum atomic E-state index is -1.39. The number of anilines is 2. The molecular formula is C40H61BrFN7O7Si2. The molecule has 5 rings (SSSR count). The third kappa shape index (κ3) is 11.7. The number of ether oxygens (including phenoxy) is 5. The number of halogens is 2. The minimum Gasteiger partial charge on any atom is -0.479 e. The number of hydrogen-bond acceptors (Lipinski definition) is 11. The second-order valence-corrected chi connectivity index (χ2v) is 29.4. The van der Waals surface area contributed by atoms with E-state index in [4.69, 9.17) is 33.8 Å². The highest BCUT2D eigenvalue weighted by molar-refractivity contribution is 9.10. The van der Waals surface area contributed by atoms with Crippen LogP contribution in [0.3, 0.4) is 0 Å². The number of fused-ring (bicyclic) bond motifs is 1. The van der Waals surface area contributed by atoms with Gasteiger partial charge in [0.05, 0.1) is 40.8 Å². The van der Waals surface area contributed by atoms with Crippen molar-refractivity contribution in [3.8, 4) is 16.8 Å². The number of carboxylic acids is 1. The third-order valence-corrected chi connectivity index (χ3v) is 14.7. The zero-order valence-corrected chi connectivity index (χ0v) is 38.8. The van der Waals surface area contributed by atoms with Crippen molar-refractivity contribution in [2.45, 2.75) is 88.6 Å². The summed E-state index contributed by atoms with van der Waals surface area (Å²) in [6.07, 6.45) is 5.40. The van der Waals surface area contributed by atoms with Crippen LogP contribution in [0.5, 0.6) is 0 Å². The maximum Gasteiger partial charge on any atom is 0.336 e. The van der Waals surface area contributed by atoms with Gasteiger partial charge in [0.15, 0.2) is 17.1 Å². The second kappa shape index (κ2) is 20.3. The van der Waals surface area contributed by atoms with Crippen molar-refractivity contribution in [1.82, 2.24) is 24.4 Å². The molecule has 0 bridgehead atoms. The molecule has 0 saturated heterocycles. The number of hydrogen-bond donors (Lipinski definition) is 3. The molecule has 3 aromatic heterocycles. The molecule has 0 radical (unpaired) electrons. The molecule has 0 aliphatic heterocycles. The maximum atomic E-state index is 13.8. The van der Waals surface area contributed by atoms with E-state index in [1.807, 2.05) is 6.20 Å². The summed E-state index contributed by atoms with van der Waals surface area (Å²) >= 11 is 3.93. The average Bonchev–Trinajstić information content (AvgIpc) is 3.79. The number of aliphatic carboxylic acids is 1. The third-order valence-electron chi connectivity index (χ3n) is 10.5. The molecule has 0 spiro atoms. The lowest BCUT2D eigenvalue weighted by Gasteiger charge is -2.43. The molecular weight excluding hydrogens is 846 g/mol. The van der Waals surface area contributed by atoms with Crippen molar-refractivity contribution in [1.29, 1.82) is 0 Å². The molecule has 1 aliphatic rings. The van der Waals surface area contributed by atoms with Gasteiger partial charge in [0.25, 0.3) is 0 Å². The van der Waals surface area contributed by atoms with E-state index in [2.05, 4.69) is 70.9 Å². The number of nitrogens with one attached hydrogen (secondary N) is 2. The molecule has 1 aromatic carbocycles. The standard InChI is InChI=1S/C40H61BrFN7O7Si2/c1-52-16-14-30-23-28(13-15-40(30,39(50)51)56-18-17-53-2)35-34(41)38(44-27-55-20-22-58(6,7)8)49-37(46-35)33(36(47-49)43-26-54-19-21-57(3,4)5)29-24-45-48(25-29)32-11-9-31(42)10-12-32/h9-12,24-25,28,30,44H,13-23,26-27H2,1-8H3,(H,43,47)(H,50,51)/t28-,30?,40-/m1/s1. The van der Waals surface area contributed by atoms with Crippen LogP contribution in [0.4, 0.5) is 16.0 Å². The highest BCUT2D eigenvalue weighted by Crippen LogP contribution is 2.48. The SMILES string of the molecule is COCCO[C@]1(C(=O)O)CC[C@@H](c2nc3c(-c4cnn(-c5ccc(F)cc5)c4)c(NCOCC[Si](C)(C)C)nn3c(NCOCC[Si](C)(C)C)c2Br)CC1CCOC. The smallest absolute Gasteiger partial charge is 0.336 e. The normalized spacial score (nSPS) is 18.9. The van der Waals surface area contributed by atoms with Gasteiger partial charge in [-0.2, -0.15) is 9.61 Å². The van der Waals surface area contributed by atoms with Gasteiger partial charge in [0.2, 0.25) is 0 Å². The Kier molecular flexibility index (Phi) is 16.1. The molecule has 1 aliphatic carbocycles. The summed E-state index contributed by atoms with van der Waals surface area (Å²) in [4.78, 5) is 18.4. The van der Waals surface area contributed by atoms with E-state index in [-0.39, 0.29) is 50.7 Å². The first kappa shape index (κ1) is 45.8. The van der Waals surface area contributed by atoms with Gasteiger partial charge in [-0.3, -0.25) is 0 Å². The Balaban J connectivity index is 1.61. The summed E-state index contributed by atoms with van der Waals surface area (Å²) in [5.74, 6) is -0.630. The molecule has 4 aromatic rings. The van der Waals surface area contributed by atoms with E-state index in [1.165, 1.54) is 12.1 Å². The number of benzene rings is 1. The van der Waals surface area contributed by atoms with Gasteiger partial charge in [-0.25, -0.2) is 18.9 Å². The molecule has 3 heterocycles. The number of methoxy groups -OCH3 is 2. The summed E-state index contributed by atoms with van der Waals surface area (Å²) in [7, 11) is 0.562. The van der Waals surface area contributed by atoms with Crippen molar-refractivity contribution >= 4 is 55.3 Å². The van der Waals surface area contributed by atoms with E-state index < -0.39 is 27.7 Å². The molecule has 320 valence electrons. The van der Waals surface area contributed by atoms with Crippen LogP contribution >= 0.6 is 15.9 Å². The van der Waals surface area contributed by atoms with E-state index in [1.54, 1.807) is 41.7 Å². The first-order chi connectivity index (χ1) is 27.6. The highest BCUT2D eigenvalue weighted by Gasteiger charge is 2.51. The summed E-state index contributed by atoms with van der Waals surface area (Å²) in [6.45, 7) is 16.5. The lowest BCUT2D eigenvalue weighted by atomic mass is 9.68. The predicted octanol–water partition coefficient (Wildman–Crippen LogP) is 8.34. The van der Waals surface area contributed by atoms with Crippen LogP contribution in [-0.2, 0) is 28.5 Å². The summed E-state index contributed by atoms with van der Waals surface area (Å²) < 4.78 is 47.1. The van der Waals surface area contributed by atoms with Crippen LogP contribution in [0, 0.1) is 11.7 Å². The fourth-order valence-electron chi connectivity index (χ4n) is 7.13. The average molecular weight is 907 g/mol. The Morgan fingerprint density at radius 3 is 2.24 bits per heavy atom. The lowest BCUT2D eigenvalue weighted by molar-refractivity contribution is -0.185. The lowest BCUT2D eigenvalue weighted by Crippen LogP contribution is -2.52. The molecule has 3 atom stereocenters. The van der Waals surface area contributed by atoms with E-state index in [9.17, 15) is 14.3 Å². The van der Waals surface area contributed by atoms with Gasteiger partial charge < -0.3 is 39.4 Å². The van der Waals surface area contributed by atoms with Crippen molar-refractivity contribution in [3.05, 3.63) is 52.6 Å². The zero-order chi connectivity index (χ0) is 42.1. The number of rotatable bonds is 23. The molecule has 14 nitrogen and oxygen atoms in total. The zero-order valence-electron chi connectivity index (χ0n) is 35.2. The van der Waals surface area contributed by atoms with Crippen LogP contribution in [0.2, 0.25) is 51.4 Å². The Labute approximate surface area is 351 Å². The molecule has 3 N–H and O–H groups in total. The second-order valence-electron chi connectivity index (χ2n) is 17.3. The van der Waals surface area contributed by atoms with Gasteiger partial charge in [-0.05, 0) is 78.0 Å². The van der Waals surface area contributed by atoms with Crippen molar-refractivity contribution in [2.75, 3.05) is 71.3 Å². The summed E-state index contributed by atoms with van der Waals surface area (Å²) in [5, 5.41) is 27.3. The quantitative estimate of drug-likeness (QED) is 0.0372. The molecule has 0 amide bonds. The minimum absolute atomic E-state index is 0.140. The fourth-order valence-corrected chi connectivity index (χ4v) is 9.36. The first-order valence-corrected chi connectivity index (χ1v) is 28.2. The van der Waals surface area contributed by atoms with E-state index in [0.717, 1.165) is 23.3 Å². The van der Waals surface area contributed by atoms with Crippen molar-refractivity contribution in [2.24, 2.45) is 5.92 Å². The number of carbonyl (C=O) groups is 1. The van der Waals surface area contributed by atoms with Crippen LogP contribution < -0.4 is 10.6 Å². The van der Waals surface area contributed by atoms with Crippen LogP contribution in [0.15, 0.2) is 41.1 Å². The van der Waals surface area contributed by atoms with E-state index >= 15 is 0 Å². The number of aromatic nitrogens is 5.